The highest BCUT2D eigenvalue weighted by Crippen LogP contribution is 2.25. The minimum absolute atomic E-state index is 0.150. The minimum atomic E-state index is -4.37. The molecule has 1 unspecified atom stereocenters. The predicted octanol–water partition coefficient (Wildman–Crippen LogP) is 2.12. The van der Waals surface area contributed by atoms with Gasteiger partial charge in [0.1, 0.15) is 18.9 Å². The third-order valence-corrected chi connectivity index (χ3v) is 4.03. The van der Waals surface area contributed by atoms with E-state index in [2.05, 4.69) is 10.1 Å². The largest absolute Gasteiger partial charge is 0.408 e. The second kappa shape index (κ2) is 6.28. The van der Waals surface area contributed by atoms with Crippen LogP contribution in [0.5, 0.6) is 0 Å². The SMILES string of the molecule is O=C(c1ccsc1)N1CCOCC1c1ncn(CC(F)(F)F)n1. The average Bonchev–Trinajstić information content (AvgIpc) is 3.16. The summed E-state index contributed by atoms with van der Waals surface area (Å²) >= 11 is 1.40. The minimum Gasteiger partial charge on any atom is -0.377 e. The van der Waals surface area contributed by atoms with Gasteiger partial charge in [-0.2, -0.15) is 29.6 Å². The van der Waals surface area contributed by atoms with Crippen molar-refractivity contribution in [2.45, 2.75) is 18.8 Å². The van der Waals surface area contributed by atoms with Gasteiger partial charge < -0.3 is 9.64 Å². The van der Waals surface area contributed by atoms with E-state index >= 15 is 0 Å². The van der Waals surface area contributed by atoms with E-state index in [4.69, 9.17) is 4.74 Å². The maximum Gasteiger partial charge on any atom is 0.408 e. The van der Waals surface area contributed by atoms with E-state index in [1.807, 2.05) is 0 Å². The Morgan fingerprint density at radius 1 is 1.48 bits per heavy atom. The molecule has 6 nitrogen and oxygen atoms in total. The molecule has 0 aliphatic carbocycles. The normalized spacial score (nSPS) is 19.1. The van der Waals surface area contributed by atoms with Crippen molar-refractivity contribution in [2.75, 3.05) is 19.8 Å². The van der Waals surface area contributed by atoms with Crippen LogP contribution in [0, 0.1) is 0 Å². The zero-order valence-electron chi connectivity index (χ0n) is 11.9. The lowest BCUT2D eigenvalue weighted by molar-refractivity contribution is -0.142. The second-order valence-electron chi connectivity index (χ2n) is 5.02. The van der Waals surface area contributed by atoms with Crippen molar-refractivity contribution in [3.8, 4) is 0 Å². The molecule has 1 fully saturated rings. The molecule has 10 heteroatoms. The number of morpholine rings is 1. The van der Waals surface area contributed by atoms with Crippen LogP contribution in [0.1, 0.15) is 22.2 Å². The molecule has 3 heterocycles. The van der Waals surface area contributed by atoms with Gasteiger partial charge in [-0.1, -0.05) is 0 Å². The van der Waals surface area contributed by atoms with Gasteiger partial charge in [0, 0.05) is 11.9 Å². The molecule has 0 aromatic carbocycles. The monoisotopic (exact) mass is 346 g/mol. The molecular weight excluding hydrogens is 333 g/mol. The van der Waals surface area contributed by atoms with Crippen molar-refractivity contribution in [1.82, 2.24) is 19.7 Å². The van der Waals surface area contributed by atoms with Gasteiger partial charge in [-0.3, -0.25) is 4.79 Å². The van der Waals surface area contributed by atoms with Crippen LogP contribution in [0.15, 0.2) is 23.2 Å². The average molecular weight is 346 g/mol. The first-order valence-electron chi connectivity index (χ1n) is 6.81. The Morgan fingerprint density at radius 3 is 3.00 bits per heavy atom. The molecule has 1 atom stereocenters. The van der Waals surface area contributed by atoms with Gasteiger partial charge in [-0.25, -0.2) is 9.67 Å². The number of aromatic nitrogens is 3. The molecule has 0 N–H and O–H groups in total. The predicted molar refractivity (Wildman–Crippen MR) is 75.0 cm³/mol. The Morgan fingerprint density at radius 2 is 2.30 bits per heavy atom. The number of hydrogen-bond acceptors (Lipinski definition) is 5. The van der Waals surface area contributed by atoms with Gasteiger partial charge in [-0.05, 0) is 11.4 Å². The number of rotatable bonds is 3. The summed E-state index contributed by atoms with van der Waals surface area (Å²) in [4.78, 5) is 18.0. The maximum absolute atomic E-state index is 12.5. The van der Waals surface area contributed by atoms with Gasteiger partial charge in [-0.15, -0.1) is 0 Å². The summed E-state index contributed by atoms with van der Waals surface area (Å²) in [6.45, 7) is -0.346. The van der Waals surface area contributed by atoms with Gasteiger partial charge >= 0.3 is 6.18 Å². The zero-order chi connectivity index (χ0) is 16.4. The van der Waals surface area contributed by atoms with Crippen molar-refractivity contribution < 1.29 is 22.7 Å². The lowest BCUT2D eigenvalue weighted by Crippen LogP contribution is -2.43. The molecule has 124 valence electrons. The number of nitrogens with zero attached hydrogens (tertiary/aromatic N) is 4. The van der Waals surface area contributed by atoms with E-state index in [0.29, 0.717) is 18.7 Å². The molecule has 0 bridgehead atoms. The summed E-state index contributed by atoms with van der Waals surface area (Å²) in [5.41, 5.74) is 0.539. The zero-order valence-corrected chi connectivity index (χ0v) is 12.7. The van der Waals surface area contributed by atoms with Gasteiger partial charge in [0.05, 0.1) is 18.8 Å². The van der Waals surface area contributed by atoms with Crippen molar-refractivity contribution in [3.05, 3.63) is 34.5 Å². The number of carbonyl (C=O) groups excluding carboxylic acids is 1. The van der Waals surface area contributed by atoms with Gasteiger partial charge in [0.2, 0.25) is 0 Å². The van der Waals surface area contributed by atoms with E-state index in [0.717, 1.165) is 11.0 Å². The Hall–Kier alpha value is -1.94. The smallest absolute Gasteiger partial charge is 0.377 e. The number of hydrogen-bond donors (Lipinski definition) is 0. The number of halogens is 3. The number of amides is 1. The van der Waals surface area contributed by atoms with Crippen LogP contribution >= 0.6 is 11.3 Å². The molecule has 23 heavy (non-hydrogen) atoms. The first-order chi connectivity index (χ1) is 10.9. The quantitative estimate of drug-likeness (QED) is 0.854. The number of carbonyl (C=O) groups is 1. The van der Waals surface area contributed by atoms with Crippen LogP contribution in [0.25, 0.3) is 0 Å². The molecular formula is C13H13F3N4O2S. The van der Waals surface area contributed by atoms with Crippen LogP contribution < -0.4 is 0 Å². The summed E-state index contributed by atoms with van der Waals surface area (Å²) in [7, 11) is 0. The Balaban J connectivity index is 1.80. The van der Waals surface area contributed by atoms with Crippen molar-refractivity contribution >= 4 is 17.2 Å². The van der Waals surface area contributed by atoms with Crippen LogP contribution in [0.4, 0.5) is 13.2 Å². The fourth-order valence-corrected chi connectivity index (χ4v) is 2.96. The number of thiophene rings is 1. The van der Waals surface area contributed by atoms with Crippen molar-refractivity contribution in [1.29, 1.82) is 0 Å². The molecule has 0 saturated carbocycles. The van der Waals surface area contributed by atoms with Crippen molar-refractivity contribution in [2.24, 2.45) is 0 Å². The molecule has 1 aliphatic rings. The third kappa shape index (κ3) is 3.70. The maximum atomic E-state index is 12.5. The van der Waals surface area contributed by atoms with E-state index in [9.17, 15) is 18.0 Å². The molecule has 2 aromatic rings. The van der Waals surface area contributed by atoms with E-state index in [-0.39, 0.29) is 18.3 Å². The lowest BCUT2D eigenvalue weighted by Gasteiger charge is -2.33. The van der Waals surface area contributed by atoms with Crippen LogP contribution in [-0.4, -0.2) is 51.5 Å². The standard InChI is InChI=1S/C13H13F3N4O2S/c14-13(15,16)7-19-8-17-11(18-19)10-5-22-3-2-20(10)12(21)9-1-4-23-6-9/h1,4,6,8,10H,2-3,5,7H2. The summed E-state index contributed by atoms with van der Waals surface area (Å²) in [6, 6.07) is 1.11. The topological polar surface area (TPSA) is 60.3 Å². The molecule has 1 aliphatic heterocycles. The fourth-order valence-electron chi connectivity index (χ4n) is 2.33. The Labute approximate surface area is 133 Å². The van der Waals surface area contributed by atoms with Crippen molar-refractivity contribution in [3.63, 3.8) is 0 Å². The highest BCUT2D eigenvalue weighted by atomic mass is 32.1. The highest BCUT2D eigenvalue weighted by Gasteiger charge is 2.33. The Bertz CT molecular complexity index is 671. The van der Waals surface area contributed by atoms with Crippen LogP contribution in [-0.2, 0) is 11.3 Å². The molecule has 1 saturated heterocycles. The first-order valence-corrected chi connectivity index (χ1v) is 7.75. The van der Waals surface area contributed by atoms with Crippen LogP contribution in [0.3, 0.4) is 0 Å². The van der Waals surface area contributed by atoms with Gasteiger partial charge in [0.15, 0.2) is 5.82 Å². The summed E-state index contributed by atoms with van der Waals surface area (Å²) in [6.07, 6.45) is -3.36. The summed E-state index contributed by atoms with van der Waals surface area (Å²) in [5.74, 6) is -0.0516. The highest BCUT2D eigenvalue weighted by molar-refractivity contribution is 7.08. The Kier molecular flexibility index (Phi) is 4.35. The molecule has 0 spiro atoms. The summed E-state index contributed by atoms with van der Waals surface area (Å²) in [5, 5.41) is 7.36. The van der Waals surface area contributed by atoms with E-state index in [1.165, 1.54) is 11.3 Å². The third-order valence-electron chi connectivity index (χ3n) is 3.35. The fraction of sp³-hybridized carbons (Fsp3) is 0.462. The molecule has 0 radical (unpaired) electrons. The van der Waals surface area contributed by atoms with Gasteiger partial charge in [0.25, 0.3) is 5.91 Å². The number of alkyl halides is 3. The summed E-state index contributed by atoms with van der Waals surface area (Å²) < 4.78 is 43.3. The molecule has 2 aromatic heterocycles. The first kappa shape index (κ1) is 15.9. The molecule has 3 rings (SSSR count). The molecule has 1 amide bonds. The van der Waals surface area contributed by atoms with Crippen LogP contribution in [0.2, 0.25) is 0 Å². The lowest BCUT2D eigenvalue weighted by atomic mass is 10.2. The van der Waals surface area contributed by atoms with E-state index in [1.54, 1.807) is 21.7 Å². The van der Waals surface area contributed by atoms with E-state index < -0.39 is 18.8 Å². The number of ether oxygens (including phenoxy) is 1. The second-order valence-corrected chi connectivity index (χ2v) is 5.80.